The summed E-state index contributed by atoms with van der Waals surface area (Å²) in [6.07, 6.45) is 1.58. The Bertz CT molecular complexity index is 420. The molecule has 0 aromatic heterocycles. The normalized spacial score (nSPS) is 19.1. The van der Waals surface area contributed by atoms with E-state index in [-0.39, 0.29) is 12.3 Å². The van der Waals surface area contributed by atoms with Gasteiger partial charge in [0, 0.05) is 11.6 Å². The van der Waals surface area contributed by atoms with Crippen LogP contribution in [-0.4, -0.2) is 18.9 Å². The molecule has 1 saturated heterocycles. The van der Waals surface area contributed by atoms with E-state index in [1.807, 2.05) is 0 Å². The van der Waals surface area contributed by atoms with Crippen molar-refractivity contribution >= 4 is 34.9 Å². The van der Waals surface area contributed by atoms with Gasteiger partial charge in [-0.1, -0.05) is 23.2 Å². The maximum Gasteiger partial charge on any atom is 0.321 e. The number of urea groups is 1. The van der Waals surface area contributed by atoms with E-state index in [0.29, 0.717) is 22.3 Å². The molecule has 2 amide bonds. The summed E-state index contributed by atoms with van der Waals surface area (Å²) < 4.78 is 5.28. The van der Waals surface area contributed by atoms with Crippen LogP contribution in [0.25, 0.3) is 0 Å². The van der Waals surface area contributed by atoms with Crippen LogP contribution < -0.4 is 10.6 Å². The van der Waals surface area contributed by atoms with Gasteiger partial charge in [0.2, 0.25) is 0 Å². The standard InChI is InChI=1S/C11H12Cl2N2O2/c12-7-3-4-8(13)9(6-7)14-11(16)15-10-2-1-5-17-10/h3-4,6,10H,1-2,5H2,(H2,14,15,16). The zero-order chi connectivity index (χ0) is 12.3. The van der Waals surface area contributed by atoms with E-state index in [1.165, 1.54) is 0 Å². The van der Waals surface area contributed by atoms with E-state index < -0.39 is 0 Å². The lowest BCUT2D eigenvalue weighted by atomic mass is 10.3. The third-order valence-electron chi connectivity index (χ3n) is 2.40. The van der Waals surface area contributed by atoms with Gasteiger partial charge < -0.3 is 15.4 Å². The molecule has 1 aromatic rings. The molecule has 4 nitrogen and oxygen atoms in total. The van der Waals surface area contributed by atoms with E-state index in [2.05, 4.69) is 10.6 Å². The number of benzene rings is 1. The first kappa shape index (κ1) is 12.5. The van der Waals surface area contributed by atoms with E-state index >= 15 is 0 Å². The number of anilines is 1. The van der Waals surface area contributed by atoms with Gasteiger partial charge in [0.15, 0.2) is 0 Å². The first-order valence-corrected chi connectivity index (χ1v) is 6.05. The van der Waals surface area contributed by atoms with Gasteiger partial charge in [-0.05, 0) is 31.0 Å². The Morgan fingerprint density at radius 2 is 2.24 bits per heavy atom. The number of hydrogen-bond donors (Lipinski definition) is 2. The average Bonchev–Trinajstić information content (AvgIpc) is 2.76. The maximum atomic E-state index is 11.6. The molecule has 1 aliphatic heterocycles. The van der Waals surface area contributed by atoms with Crippen molar-refractivity contribution in [1.29, 1.82) is 0 Å². The van der Waals surface area contributed by atoms with E-state index in [1.54, 1.807) is 18.2 Å². The van der Waals surface area contributed by atoms with Crippen molar-refractivity contribution in [3.05, 3.63) is 28.2 Å². The number of halogens is 2. The molecular formula is C11H12Cl2N2O2. The monoisotopic (exact) mass is 274 g/mol. The SMILES string of the molecule is O=C(Nc1cc(Cl)ccc1Cl)NC1CCCO1. The molecule has 0 aliphatic carbocycles. The summed E-state index contributed by atoms with van der Waals surface area (Å²) in [7, 11) is 0. The summed E-state index contributed by atoms with van der Waals surface area (Å²) in [5.74, 6) is 0. The minimum atomic E-state index is -0.346. The highest BCUT2D eigenvalue weighted by molar-refractivity contribution is 6.35. The molecule has 17 heavy (non-hydrogen) atoms. The Morgan fingerprint density at radius 1 is 1.41 bits per heavy atom. The predicted octanol–water partition coefficient (Wildman–Crippen LogP) is 3.25. The Hall–Kier alpha value is -0.970. The second-order valence-electron chi connectivity index (χ2n) is 3.72. The molecule has 6 heteroatoms. The number of hydrogen-bond acceptors (Lipinski definition) is 2. The third kappa shape index (κ3) is 3.49. The smallest absolute Gasteiger partial charge is 0.321 e. The minimum absolute atomic E-state index is 0.215. The molecule has 1 unspecified atom stereocenters. The zero-order valence-corrected chi connectivity index (χ0v) is 10.5. The van der Waals surface area contributed by atoms with Crippen molar-refractivity contribution in [2.24, 2.45) is 0 Å². The molecule has 0 radical (unpaired) electrons. The molecule has 0 spiro atoms. The fourth-order valence-corrected chi connectivity index (χ4v) is 1.93. The molecule has 92 valence electrons. The lowest BCUT2D eigenvalue weighted by molar-refractivity contribution is 0.0928. The number of amides is 2. The van der Waals surface area contributed by atoms with Crippen LogP contribution in [0, 0.1) is 0 Å². The van der Waals surface area contributed by atoms with Crippen LogP contribution in [0.15, 0.2) is 18.2 Å². The van der Waals surface area contributed by atoms with Gasteiger partial charge in [0.1, 0.15) is 6.23 Å². The van der Waals surface area contributed by atoms with Crippen LogP contribution in [0.5, 0.6) is 0 Å². The summed E-state index contributed by atoms with van der Waals surface area (Å²) in [5, 5.41) is 6.29. The van der Waals surface area contributed by atoms with Crippen LogP contribution in [-0.2, 0) is 4.74 Å². The molecule has 0 bridgehead atoms. The molecule has 1 heterocycles. The van der Waals surface area contributed by atoms with Crippen molar-refractivity contribution in [3.63, 3.8) is 0 Å². The number of rotatable bonds is 2. The van der Waals surface area contributed by atoms with Crippen molar-refractivity contribution in [3.8, 4) is 0 Å². The number of nitrogens with one attached hydrogen (secondary N) is 2. The Balaban J connectivity index is 1.95. The minimum Gasteiger partial charge on any atom is -0.358 e. The number of ether oxygens (including phenoxy) is 1. The first-order valence-electron chi connectivity index (χ1n) is 5.29. The van der Waals surface area contributed by atoms with Gasteiger partial charge in [-0.2, -0.15) is 0 Å². The van der Waals surface area contributed by atoms with E-state index in [9.17, 15) is 4.79 Å². The highest BCUT2D eigenvalue weighted by atomic mass is 35.5. The summed E-state index contributed by atoms with van der Waals surface area (Å²) in [5.41, 5.74) is 0.481. The zero-order valence-electron chi connectivity index (χ0n) is 9.00. The largest absolute Gasteiger partial charge is 0.358 e. The van der Waals surface area contributed by atoms with Crippen LogP contribution in [0.2, 0.25) is 10.0 Å². The quantitative estimate of drug-likeness (QED) is 0.870. The molecule has 0 saturated carbocycles. The van der Waals surface area contributed by atoms with Crippen LogP contribution >= 0.6 is 23.2 Å². The lowest BCUT2D eigenvalue weighted by Gasteiger charge is -2.13. The summed E-state index contributed by atoms with van der Waals surface area (Å²) in [4.78, 5) is 11.6. The van der Waals surface area contributed by atoms with Crippen molar-refractivity contribution in [1.82, 2.24) is 5.32 Å². The maximum absolute atomic E-state index is 11.6. The fourth-order valence-electron chi connectivity index (χ4n) is 1.59. The first-order chi connectivity index (χ1) is 8.15. The average molecular weight is 275 g/mol. The molecule has 1 atom stereocenters. The lowest BCUT2D eigenvalue weighted by Crippen LogP contribution is -2.37. The van der Waals surface area contributed by atoms with Crippen LogP contribution in [0.1, 0.15) is 12.8 Å². The van der Waals surface area contributed by atoms with Gasteiger partial charge >= 0.3 is 6.03 Å². The van der Waals surface area contributed by atoms with E-state index in [0.717, 1.165) is 12.8 Å². The Labute approximate surface area is 109 Å². The fraction of sp³-hybridized carbons (Fsp3) is 0.364. The van der Waals surface area contributed by atoms with E-state index in [4.69, 9.17) is 27.9 Å². The molecule has 2 N–H and O–H groups in total. The van der Waals surface area contributed by atoms with Gasteiger partial charge in [0.25, 0.3) is 0 Å². The van der Waals surface area contributed by atoms with Gasteiger partial charge in [-0.25, -0.2) is 4.79 Å². The Kier molecular flexibility index (Phi) is 4.10. The van der Waals surface area contributed by atoms with Crippen molar-refractivity contribution < 1.29 is 9.53 Å². The van der Waals surface area contributed by atoms with Crippen molar-refractivity contribution in [2.45, 2.75) is 19.1 Å². The second-order valence-corrected chi connectivity index (χ2v) is 4.57. The molecule has 1 aromatic carbocycles. The van der Waals surface area contributed by atoms with Gasteiger partial charge in [-0.15, -0.1) is 0 Å². The number of carbonyl (C=O) groups excluding carboxylic acids is 1. The summed E-state index contributed by atoms with van der Waals surface area (Å²) >= 11 is 11.7. The second kappa shape index (κ2) is 5.58. The predicted molar refractivity (Wildman–Crippen MR) is 67.6 cm³/mol. The molecule has 1 aliphatic rings. The molecule has 1 fully saturated rings. The summed E-state index contributed by atoms with van der Waals surface area (Å²) in [6.45, 7) is 0.683. The van der Waals surface area contributed by atoms with Crippen molar-refractivity contribution in [2.75, 3.05) is 11.9 Å². The molecule has 2 rings (SSSR count). The van der Waals surface area contributed by atoms with Crippen LogP contribution in [0.4, 0.5) is 10.5 Å². The molecular weight excluding hydrogens is 263 g/mol. The van der Waals surface area contributed by atoms with Gasteiger partial charge in [0.05, 0.1) is 10.7 Å². The number of carbonyl (C=O) groups is 1. The van der Waals surface area contributed by atoms with Crippen LogP contribution in [0.3, 0.4) is 0 Å². The van der Waals surface area contributed by atoms with Gasteiger partial charge in [-0.3, -0.25) is 0 Å². The topological polar surface area (TPSA) is 50.4 Å². The summed E-state index contributed by atoms with van der Waals surface area (Å²) in [6, 6.07) is 4.54. The highest BCUT2D eigenvalue weighted by Crippen LogP contribution is 2.25. The highest BCUT2D eigenvalue weighted by Gasteiger charge is 2.17. The third-order valence-corrected chi connectivity index (χ3v) is 2.96. The Morgan fingerprint density at radius 3 is 2.94 bits per heavy atom.